The van der Waals surface area contributed by atoms with E-state index in [1.54, 1.807) is 25.2 Å². The van der Waals surface area contributed by atoms with Crippen molar-refractivity contribution >= 4 is 17.6 Å². The lowest BCUT2D eigenvalue weighted by atomic mass is 10.1. The predicted octanol–water partition coefficient (Wildman–Crippen LogP) is 4.33. The molecule has 2 aromatic carbocycles. The molecule has 0 bridgehead atoms. The van der Waals surface area contributed by atoms with Crippen molar-refractivity contribution in [3.63, 3.8) is 0 Å². The third-order valence-corrected chi connectivity index (χ3v) is 3.79. The maximum Gasteiger partial charge on any atom is 0.231 e. The Balaban J connectivity index is 1.59. The number of nitrogens with zero attached hydrogens (tertiary/aromatic N) is 1. The fourth-order valence-corrected chi connectivity index (χ4v) is 2.42. The van der Waals surface area contributed by atoms with Gasteiger partial charge in [0, 0.05) is 19.0 Å². The van der Waals surface area contributed by atoms with Crippen molar-refractivity contribution in [2.24, 2.45) is 4.99 Å². The van der Waals surface area contributed by atoms with Gasteiger partial charge in [-0.05, 0) is 35.9 Å². The Morgan fingerprint density at radius 3 is 2.68 bits per heavy atom. The molecular formula is C21H19NO3. The summed E-state index contributed by atoms with van der Waals surface area (Å²) in [6, 6.07) is 15.3. The van der Waals surface area contributed by atoms with Crippen LogP contribution < -0.4 is 9.47 Å². The fraction of sp³-hybridized carbons (Fsp3) is 0.143. The molecule has 2 aromatic rings. The van der Waals surface area contributed by atoms with Crippen molar-refractivity contribution in [2.45, 2.75) is 6.42 Å². The summed E-state index contributed by atoms with van der Waals surface area (Å²) in [5, 5.41) is 0. The highest BCUT2D eigenvalue weighted by molar-refractivity contribution is 6.07. The van der Waals surface area contributed by atoms with E-state index in [-0.39, 0.29) is 12.6 Å². The third kappa shape index (κ3) is 4.44. The monoisotopic (exact) mass is 333 g/mol. The Kier molecular flexibility index (Phi) is 5.42. The molecule has 0 spiro atoms. The number of benzene rings is 2. The Hall–Kier alpha value is -3.14. The van der Waals surface area contributed by atoms with Gasteiger partial charge in [0.05, 0.1) is 5.71 Å². The van der Waals surface area contributed by atoms with E-state index in [9.17, 15) is 4.79 Å². The summed E-state index contributed by atoms with van der Waals surface area (Å²) in [6.45, 7) is 0.205. The number of ether oxygens (including phenoxy) is 2. The van der Waals surface area contributed by atoms with Gasteiger partial charge in [0.2, 0.25) is 6.79 Å². The maximum atomic E-state index is 12.3. The quantitative estimate of drug-likeness (QED) is 0.584. The number of hydrogen-bond donors (Lipinski definition) is 0. The first-order chi connectivity index (χ1) is 12.3. The summed E-state index contributed by atoms with van der Waals surface area (Å²) in [5.41, 5.74) is 2.53. The van der Waals surface area contributed by atoms with Crippen LogP contribution in [0.5, 0.6) is 11.5 Å². The van der Waals surface area contributed by atoms with Crippen LogP contribution in [-0.4, -0.2) is 25.3 Å². The van der Waals surface area contributed by atoms with E-state index in [0.717, 1.165) is 11.3 Å². The van der Waals surface area contributed by atoms with Gasteiger partial charge in [-0.3, -0.25) is 9.79 Å². The first-order valence-electron chi connectivity index (χ1n) is 8.05. The van der Waals surface area contributed by atoms with Gasteiger partial charge in [-0.15, -0.1) is 0 Å². The molecule has 3 rings (SSSR count). The number of hydrogen-bond acceptors (Lipinski definition) is 4. The van der Waals surface area contributed by atoms with Gasteiger partial charge in [-0.1, -0.05) is 42.5 Å². The molecule has 0 atom stereocenters. The van der Waals surface area contributed by atoms with Gasteiger partial charge < -0.3 is 9.47 Å². The Labute approximate surface area is 147 Å². The zero-order valence-corrected chi connectivity index (χ0v) is 14.0. The van der Waals surface area contributed by atoms with Crippen LogP contribution in [0, 0.1) is 0 Å². The van der Waals surface area contributed by atoms with Gasteiger partial charge >= 0.3 is 0 Å². The SMILES string of the molecule is CN=C(/C=C\CC(=O)c1ccc2c(c1)OCO2)/C=C/c1ccccc1. The van der Waals surface area contributed by atoms with Gasteiger partial charge in [0.25, 0.3) is 0 Å². The number of Topliss-reactive ketones (excluding diaryl/α,β-unsaturated/α-hetero) is 1. The smallest absolute Gasteiger partial charge is 0.231 e. The normalized spacial score (nSPS) is 13.7. The number of ketones is 1. The predicted molar refractivity (Wildman–Crippen MR) is 99.5 cm³/mol. The molecule has 25 heavy (non-hydrogen) atoms. The van der Waals surface area contributed by atoms with Crippen LogP contribution in [0.3, 0.4) is 0 Å². The van der Waals surface area contributed by atoms with Gasteiger partial charge in [0.1, 0.15) is 0 Å². The molecule has 0 radical (unpaired) electrons. The van der Waals surface area contributed by atoms with E-state index in [2.05, 4.69) is 4.99 Å². The number of carbonyl (C=O) groups is 1. The van der Waals surface area contributed by atoms with Crippen LogP contribution in [0.2, 0.25) is 0 Å². The second-order valence-corrected chi connectivity index (χ2v) is 5.49. The molecule has 4 heteroatoms. The summed E-state index contributed by atoms with van der Waals surface area (Å²) >= 11 is 0. The standard InChI is InChI=1S/C21H19NO3/c1-22-18(12-10-16-6-3-2-4-7-16)8-5-9-19(23)17-11-13-20-21(14-17)25-15-24-20/h2-8,10-14H,9,15H2,1H3/b8-5-,12-10+,22-18?. The molecule has 4 nitrogen and oxygen atoms in total. The molecule has 1 aliphatic rings. The second-order valence-electron chi connectivity index (χ2n) is 5.49. The molecule has 0 aromatic heterocycles. The van der Waals surface area contributed by atoms with E-state index in [0.29, 0.717) is 23.5 Å². The zero-order chi connectivity index (χ0) is 17.5. The van der Waals surface area contributed by atoms with Crippen molar-refractivity contribution in [3.05, 3.63) is 77.9 Å². The van der Waals surface area contributed by atoms with E-state index < -0.39 is 0 Å². The van der Waals surface area contributed by atoms with Crippen molar-refractivity contribution in [1.29, 1.82) is 0 Å². The lowest BCUT2D eigenvalue weighted by Crippen LogP contribution is -1.97. The van der Waals surface area contributed by atoms with Crippen LogP contribution in [0.4, 0.5) is 0 Å². The molecule has 0 fully saturated rings. The fourth-order valence-electron chi connectivity index (χ4n) is 2.42. The molecule has 0 aliphatic carbocycles. The average Bonchev–Trinajstić information content (AvgIpc) is 3.13. The average molecular weight is 333 g/mol. The second kappa shape index (κ2) is 8.11. The van der Waals surface area contributed by atoms with Crippen LogP contribution in [0.25, 0.3) is 6.08 Å². The number of rotatable bonds is 6. The van der Waals surface area contributed by atoms with E-state index in [1.807, 2.05) is 54.6 Å². The molecule has 126 valence electrons. The lowest BCUT2D eigenvalue weighted by Gasteiger charge is -2.00. The van der Waals surface area contributed by atoms with Gasteiger partial charge in [-0.25, -0.2) is 0 Å². The van der Waals surface area contributed by atoms with E-state index >= 15 is 0 Å². The van der Waals surface area contributed by atoms with Gasteiger partial charge in [-0.2, -0.15) is 0 Å². The van der Waals surface area contributed by atoms with Gasteiger partial charge in [0.15, 0.2) is 17.3 Å². The van der Waals surface area contributed by atoms with E-state index in [4.69, 9.17) is 9.47 Å². The molecular weight excluding hydrogens is 314 g/mol. The van der Waals surface area contributed by atoms with Crippen molar-refractivity contribution in [3.8, 4) is 11.5 Å². The summed E-state index contributed by atoms with van der Waals surface area (Å²) in [7, 11) is 1.73. The minimum Gasteiger partial charge on any atom is -0.454 e. The summed E-state index contributed by atoms with van der Waals surface area (Å²) < 4.78 is 10.6. The molecule has 1 heterocycles. The largest absolute Gasteiger partial charge is 0.454 e. The first kappa shape index (κ1) is 16.7. The van der Waals surface area contributed by atoms with Crippen molar-refractivity contribution in [1.82, 2.24) is 0 Å². The Bertz CT molecular complexity index is 835. The number of fused-ring (bicyclic) bond motifs is 1. The van der Waals surface area contributed by atoms with Crippen molar-refractivity contribution in [2.75, 3.05) is 13.8 Å². The molecule has 0 saturated heterocycles. The lowest BCUT2D eigenvalue weighted by molar-refractivity contribution is 0.0995. The summed E-state index contributed by atoms with van der Waals surface area (Å²) in [6.07, 6.45) is 7.90. The van der Waals surface area contributed by atoms with Crippen LogP contribution >= 0.6 is 0 Å². The first-order valence-corrected chi connectivity index (χ1v) is 8.05. The summed E-state index contributed by atoms with van der Waals surface area (Å²) in [4.78, 5) is 16.5. The van der Waals surface area contributed by atoms with Crippen LogP contribution in [0.1, 0.15) is 22.3 Å². The Morgan fingerprint density at radius 2 is 1.88 bits per heavy atom. The minimum absolute atomic E-state index is 0.0250. The molecule has 0 unspecified atom stereocenters. The topological polar surface area (TPSA) is 47.9 Å². The molecule has 0 saturated carbocycles. The maximum absolute atomic E-state index is 12.3. The summed E-state index contributed by atoms with van der Waals surface area (Å²) in [5.74, 6) is 1.33. The Morgan fingerprint density at radius 1 is 1.08 bits per heavy atom. The zero-order valence-electron chi connectivity index (χ0n) is 14.0. The molecule has 0 amide bonds. The number of allylic oxidation sites excluding steroid dienone is 3. The van der Waals surface area contributed by atoms with Crippen LogP contribution in [0.15, 0.2) is 71.8 Å². The van der Waals surface area contributed by atoms with Crippen molar-refractivity contribution < 1.29 is 14.3 Å². The highest BCUT2D eigenvalue weighted by Crippen LogP contribution is 2.32. The van der Waals surface area contributed by atoms with Crippen LogP contribution in [-0.2, 0) is 0 Å². The van der Waals surface area contributed by atoms with E-state index in [1.165, 1.54) is 0 Å². The molecule has 1 aliphatic heterocycles. The number of carbonyl (C=O) groups excluding carboxylic acids is 1. The minimum atomic E-state index is 0.0250. The highest BCUT2D eigenvalue weighted by Gasteiger charge is 2.15. The highest BCUT2D eigenvalue weighted by atomic mass is 16.7. The number of aliphatic imine (C=N–C) groups is 1. The third-order valence-electron chi connectivity index (χ3n) is 3.79. The molecule has 0 N–H and O–H groups in total.